The molecule has 38 heavy (non-hydrogen) atoms. The van der Waals surface area contributed by atoms with Crippen LogP contribution in [0.3, 0.4) is 0 Å². The van der Waals surface area contributed by atoms with Gasteiger partial charge in [0, 0.05) is 42.1 Å². The van der Waals surface area contributed by atoms with E-state index in [-0.39, 0.29) is 28.8 Å². The fourth-order valence-electron chi connectivity index (χ4n) is 4.81. The van der Waals surface area contributed by atoms with Gasteiger partial charge in [-0.1, -0.05) is 18.2 Å². The maximum absolute atomic E-state index is 13.2. The first-order valence-electron chi connectivity index (χ1n) is 12.7. The summed E-state index contributed by atoms with van der Waals surface area (Å²) in [5.41, 5.74) is 3.53. The third-order valence-electron chi connectivity index (χ3n) is 6.90. The number of carbonyl (C=O) groups excluding carboxylic acids is 1. The van der Waals surface area contributed by atoms with Gasteiger partial charge in [-0.05, 0) is 62.9 Å². The Morgan fingerprint density at radius 1 is 1.18 bits per heavy atom. The van der Waals surface area contributed by atoms with Gasteiger partial charge < -0.3 is 19.8 Å². The van der Waals surface area contributed by atoms with Crippen molar-refractivity contribution in [2.24, 2.45) is 0 Å². The molecule has 1 saturated carbocycles. The highest BCUT2D eigenvalue weighted by Crippen LogP contribution is 2.43. The number of nitriles is 1. The molecule has 2 heterocycles. The van der Waals surface area contributed by atoms with E-state index < -0.39 is 9.84 Å². The Hall–Kier alpha value is -4.10. The van der Waals surface area contributed by atoms with E-state index in [2.05, 4.69) is 26.3 Å². The highest BCUT2D eigenvalue weighted by Gasteiger charge is 2.29. The lowest BCUT2D eigenvalue weighted by molar-refractivity contribution is 0.250. The minimum absolute atomic E-state index is 0.0187. The number of imidazole rings is 1. The van der Waals surface area contributed by atoms with Crippen LogP contribution in [0.2, 0.25) is 0 Å². The maximum Gasteiger partial charge on any atom is 0.319 e. The van der Waals surface area contributed by atoms with E-state index in [4.69, 9.17) is 0 Å². The molecule has 1 fully saturated rings. The molecule has 0 spiro atoms. The van der Waals surface area contributed by atoms with E-state index in [9.17, 15) is 18.5 Å². The van der Waals surface area contributed by atoms with Crippen LogP contribution in [0.5, 0.6) is 0 Å². The van der Waals surface area contributed by atoms with E-state index in [0.717, 1.165) is 41.4 Å². The summed E-state index contributed by atoms with van der Waals surface area (Å²) >= 11 is 0. The minimum Gasteiger partial charge on any atom is -0.336 e. The average molecular weight is 531 g/mol. The summed E-state index contributed by atoms with van der Waals surface area (Å²) in [6, 6.07) is 14.8. The van der Waals surface area contributed by atoms with Gasteiger partial charge in [-0.3, -0.25) is 0 Å². The molecular formula is C28H30N6O3S. The van der Waals surface area contributed by atoms with Crippen molar-refractivity contribution in [2.75, 3.05) is 11.1 Å². The number of rotatable bonds is 8. The van der Waals surface area contributed by atoms with Gasteiger partial charge in [0.05, 0.1) is 33.7 Å². The van der Waals surface area contributed by atoms with Gasteiger partial charge in [-0.25, -0.2) is 18.2 Å². The number of hydrogen-bond donors (Lipinski definition) is 2. The fourth-order valence-corrected chi connectivity index (χ4v) is 6.06. The number of benzene rings is 2. The molecule has 0 bridgehead atoms. The lowest BCUT2D eigenvalue weighted by atomic mass is 9.92. The zero-order valence-electron chi connectivity index (χ0n) is 21.4. The molecule has 0 radical (unpaired) electrons. The number of hydrogen-bond acceptors (Lipinski definition) is 5. The van der Waals surface area contributed by atoms with Gasteiger partial charge in [-0.2, -0.15) is 5.26 Å². The molecule has 2 aromatic heterocycles. The molecule has 2 amide bonds. The highest BCUT2D eigenvalue weighted by molar-refractivity contribution is 7.91. The largest absolute Gasteiger partial charge is 0.336 e. The summed E-state index contributed by atoms with van der Waals surface area (Å²) in [6.07, 6.45) is 7.98. The van der Waals surface area contributed by atoms with Gasteiger partial charge in [0.1, 0.15) is 6.07 Å². The van der Waals surface area contributed by atoms with Crippen molar-refractivity contribution in [3.8, 4) is 17.3 Å². The summed E-state index contributed by atoms with van der Waals surface area (Å²) in [5.74, 6) is -0.0458. The summed E-state index contributed by atoms with van der Waals surface area (Å²) in [5, 5.41) is 16.5. The monoisotopic (exact) mass is 530 g/mol. The lowest BCUT2D eigenvalue weighted by Crippen LogP contribution is -2.34. The third-order valence-corrected chi connectivity index (χ3v) is 8.59. The summed E-state index contributed by atoms with van der Waals surface area (Å²) in [6.45, 7) is 4.10. The molecule has 0 saturated heterocycles. The number of nitrogens with zero attached hydrogens (tertiary/aromatic N) is 4. The second-order valence-electron chi connectivity index (χ2n) is 9.92. The maximum atomic E-state index is 13.2. The number of nitrogens with one attached hydrogen (secondary N) is 2. The Morgan fingerprint density at radius 2 is 1.95 bits per heavy atom. The molecule has 0 aliphatic heterocycles. The molecule has 196 valence electrons. The Morgan fingerprint density at radius 3 is 2.55 bits per heavy atom. The SMILES string of the molecule is CC(C)NC(=O)Nc1ccc(-c2c(C#N)c3ccc(S(=O)(=O)CCn4ccnc4)cc3n2C2CCC2)cc1. The average Bonchev–Trinajstić information content (AvgIpc) is 3.48. The van der Waals surface area contributed by atoms with Crippen LogP contribution in [-0.4, -0.2) is 40.4 Å². The van der Waals surface area contributed by atoms with Crippen molar-refractivity contribution in [3.63, 3.8) is 0 Å². The highest BCUT2D eigenvalue weighted by atomic mass is 32.2. The van der Waals surface area contributed by atoms with Crippen LogP contribution < -0.4 is 10.6 Å². The van der Waals surface area contributed by atoms with E-state index in [0.29, 0.717) is 17.8 Å². The standard InChI is InChI=1S/C28H30N6O3S/c1-19(2)31-28(35)32-21-8-6-20(7-9-21)27-25(17-29)24-11-10-23(16-26(24)34(27)22-4-3-5-22)38(36,37)15-14-33-13-12-30-18-33/h6-13,16,18-19,22H,3-5,14-15H2,1-2H3,(H2,31,32,35). The molecule has 4 aromatic rings. The third kappa shape index (κ3) is 5.02. The quantitative estimate of drug-likeness (QED) is 0.328. The summed E-state index contributed by atoms with van der Waals surface area (Å²) < 4.78 is 30.3. The second kappa shape index (κ2) is 10.3. The second-order valence-corrected chi connectivity index (χ2v) is 12.0. The molecule has 0 atom stereocenters. The Labute approximate surface area is 222 Å². The van der Waals surface area contributed by atoms with Gasteiger partial charge in [0.2, 0.25) is 0 Å². The number of fused-ring (bicyclic) bond motifs is 1. The molecule has 9 nitrogen and oxygen atoms in total. The molecule has 1 aliphatic carbocycles. The lowest BCUT2D eigenvalue weighted by Gasteiger charge is -2.30. The van der Waals surface area contributed by atoms with Crippen LogP contribution in [0.4, 0.5) is 10.5 Å². The number of amides is 2. The predicted octanol–water partition coefficient (Wildman–Crippen LogP) is 5.11. The summed E-state index contributed by atoms with van der Waals surface area (Å²) in [4.78, 5) is 16.3. The summed E-state index contributed by atoms with van der Waals surface area (Å²) in [7, 11) is -3.55. The Bertz CT molecular complexity index is 1610. The number of sulfone groups is 1. The molecule has 10 heteroatoms. The topological polar surface area (TPSA) is 122 Å². The number of aryl methyl sites for hydroxylation is 1. The zero-order chi connectivity index (χ0) is 26.9. The van der Waals surface area contributed by atoms with Crippen LogP contribution in [0.15, 0.2) is 66.1 Å². The van der Waals surface area contributed by atoms with E-state index in [1.807, 2.05) is 38.1 Å². The molecular weight excluding hydrogens is 500 g/mol. The molecule has 1 aliphatic rings. The van der Waals surface area contributed by atoms with E-state index in [1.54, 1.807) is 41.5 Å². The number of aromatic nitrogens is 3. The zero-order valence-corrected chi connectivity index (χ0v) is 22.2. The van der Waals surface area contributed by atoms with Crippen LogP contribution in [0, 0.1) is 11.3 Å². The van der Waals surface area contributed by atoms with E-state index in [1.165, 1.54) is 0 Å². The smallest absolute Gasteiger partial charge is 0.319 e. The van der Waals surface area contributed by atoms with Crippen molar-refractivity contribution in [2.45, 2.75) is 56.6 Å². The number of urea groups is 1. The minimum atomic E-state index is -3.55. The molecule has 2 aromatic carbocycles. The molecule has 2 N–H and O–H groups in total. The molecule has 5 rings (SSSR count). The van der Waals surface area contributed by atoms with Crippen molar-refractivity contribution in [3.05, 3.63) is 66.7 Å². The fraction of sp³-hybridized carbons (Fsp3) is 0.321. The molecule has 0 unspecified atom stereocenters. The first-order chi connectivity index (χ1) is 18.3. The Balaban J connectivity index is 1.54. The van der Waals surface area contributed by atoms with Crippen LogP contribution in [-0.2, 0) is 16.4 Å². The van der Waals surface area contributed by atoms with Crippen molar-refractivity contribution < 1.29 is 13.2 Å². The van der Waals surface area contributed by atoms with Gasteiger partial charge in [0.25, 0.3) is 0 Å². The van der Waals surface area contributed by atoms with Crippen LogP contribution >= 0.6 is 0 Å². The van der Waals surface area contributed by atoms with Gasteiger partial charge in [-0.15, -0.1) is 0 Å². The number of carbonyl (C=O) groups is 1. The van der Waals surface area contributed by atoms with Crippen molar-refractivity contribution in [1.29, 1.82) is 5.26 Å². The Kier molecular flexibility index (Phi) is 6.95. The predicted molar refractivity (Wildman–Crippen MR) is 147 cm³/mol. The van der Waals surface area contributed by atoms with Crippen molar-refractivity contribution >= 4 is 32.5 Å². The van der Waals surface area contributed by atoms with Crippen LogP contribution in [0.1, 0.15) is 44.7 Å². The van der Waals surface area contributed by atoms with Crippen LogP contribution in [0.25, 0.3) is 22.2 Å². The van der Waals surface area contributed by atoms with E-state index >= 15 is 0 Å². The number of anilines is 1. The van der Waals surface area contributed by atoms with Gasteiger partial charge in [0.15, 0.2) is 9.84 Å². The van der Waals surface area contributed by atoms with Crippen molar-refractivity contribution in [1.82, 2.24) is 19.4 Å². The normalized spacial score (nSPS) is 13.8. The first-order valence-corrected chi connectivity index (χ1v) is 14.4. The first kappa shape index (κ1) is 25.5. The van der Waals surface area contributed by atoms with Gasteiger partial charge >= 0.3 is 6.03 Å².